The van der Waals surface area contributed by atoms with Gasteiger partial charge in [0.1, 0.15) is 125 Å². The van der Waals surface area contributed by atoms with Crippen LogP contribution < -0.4 is 66.6 Å². The summed E-state index contributed by atoms with van der Waals surface area (Å²) in [6.07, 6.45) is -14.7. The monoisotopic (exact) mass is 1660 g/mol. The quantitative estimate of drug-likeness (QED) is 0.0652. The lowest BCUT2D eigenvalue weighted by Gasteiger charge is -2.42. The number of benzene rings is 7. The summed E-state index contributed by atoms with van der Waals surface area (Å²) in [5.74, 6) is -15.7. The van der Waals surface area contributed by atoms with E-state index in [1.54, 1.807) is 0 Å². The molecule has 8 aliphatic heterocycles. The zero-order valence-corrected chi connectivity index (χ0v) is 63.8. The van der Waals surface area contributed by atoms with E-state index in [-0.39, 0.29) is 67.3 Å². The van der Waals surface area contributed by atoms with E-state index in [0.29, 0.717) is 18.8 Å². The van der Waals surface area contributed by atoms with Crippen LogP contribution in [0.3, 0.4) is 0 Å². The summed E-state index contributed by atoms with van der Waals surface area (Å²) in [5.41, 5.74) is 4.18. The van der Waals surface area contributed by atoms with Gasteiger partial charge in [-0.05, 0) is 125 Å². The zero-order valence-electron chi connectivity index (χ0n) is 62.3. The topological polar surface area (TPSA) is 554 Å². The first-order valence-electron chi connectivity index (χ1n) is 37.3. The van der Waals surface area contributed by atoms with Crippen LogP contribution in [-0.2, 0) is 60.7 Å². The van der Waals surface area contributed by atoms with Crippen molar-refractivity contribution in [1.29, 1.82) is 0 Å². The number of carbonyl (C=O) groups is 8. The second kappa shape index (κ2) is 35.2. The van der Waals surface area contributed by atoms with Gasteiger partial charge < -0.3 is 137 Å². The van der Waals surface area contributed by atoms with Gasteiger partial charge in [-0.15, -0.1) is 0 Å². The van der Waals surface area contributed by atoms with E-state index in [1.807, 2.05) is 0 Å². The minimum atomic E-state index is -2.36. The van der Waals surface area contributed by atoms with E-state index in [4.69, 9.17) is 62.1 Å². The standard InChI is InChI=1S/C80H84Cl2N8O27/c1-32(2)7-5-3-4-6-8-58(97)86-65-68(100)66(98)56(30-91)115-79(65)117-71-54-25-38-26-55(71)113-51-16-10-34(18-45(51)82)20-47-73(104)90-64(78(109)110)43-28-40(94)29-53(114-80-70(102)69(101)67(99)57(31-92)116-80)59(43)42-23-36(12-13-48(42)95)61(75(106)85-47)88-77(108)63(38)89-76(107)62-37-21-39(93)27-41(22-37)111-52-24-35(11-14-49(52)96)60(83)74(105)84-46(72(103)87-62)19-33-9-15-50(112-54)44(81)17-33/h9-18,21-29,32,46-47,56-57,60-70,79-80,91-96,98-102H,3-8,19-20,30-31,83H2,1-2H3,(H,84,105)(H,85,106)(H,86,97)(H,87,103)(H,88,108)(H,89,107)(H,90,104)(H,109,110)/t46-,47+,56-,57-,60+,61-,62+,63-,64+,65-,66-,67-,68-,69+,70+,79+,80+/m1/s1. The Morgan fingerprint density at radius 2 is 1.06 bits per heavy atom. The number of nitrogens with two attached hydrogens (primary N) is 1. The molecule has 2 saturated heterocycles. The molecular formula is C80H84Cl2N8O27. The largest absolute Gasteiger partial charge is 0.508 e. The van der Waals surface area contributed by atoms with Crippen molar-refractivity contribution < 1.29 is 133 Å². The van der Waals surface area contributed by atoms with Crippen molar-refractivity contribution in [3.8, 4) is 80.1 Å². The zero-order chi connectivity index (χ0) is 83.7. The van der Waals surface area contributed by atoms with Crippen LogP contribution in [0.5, 0.6) is 69.0 Å². The fourth-order valence-corrected chi connectivity index (χ4v) is 15.0. The first kappa shape index (κ1) is 83.6. The molecule has 7 aromatic rings. The molecule has 0 unspecified atom stereocenters. The van der Waals surface area contributed by atoms with Gasteiger partial charge in [-0.3, -0.25) is 33.6 Å². The van der Waals surface area contributed by atoms with Gasteiger partial charge in [0, 0.05) is 48.1 Å². The van der Waals surface area contributed by atoms with Gasteiger partial charge in [0.25, 0.3) is 0 Å². The predicted octanol–water partition coefficient (Wildman–Crippen LogP) is 3.56. The molecule has 2 fully saturated rings. The molecule has 117 heavy (non-hydrogen) atoms. The van der Waals surface area contributed by atoms with Gasteiger partial charge in [0.2, 0.25) is 59.7 Å². The number of hydrogen-bond donors (Lipinski definition) is 20. The fraction of sp³-hybridized carbons (Fsp3) is 0.375. The highest BCUT2D eigenvalue weighted by atomic mass is 35.5. The second-order valence-corrected chi connectivity index (χ2v) is 30.4. The Balaban J connectivity index is 1.04. The number of unbranched alkanes of at least 4 members (excludes halogenated alkanes) is 3. The molecule has 35 nitrogen and oxygen atoms in total. The number of ether oxygens (including phenoxy) is 7. The van der Waals surface area contributed by atoms with Gasteiger partial charge in [-0.2, -0.15) is 0 Å². The molecule has 21 N–H and O–H groups in total. The lowest BCUT2D eigenvalue weighted by atomic mass is 9.89. The van der Waals surface area contributed by atoms with Crippen LogP contribution >= 0.6 is 23.2 Å². The smallest absolute Gasteiger partial charge is 0.330 e. The third-order valence-corrected chi connectivity index (χ3v) is 21.3. The summed E-state index contributed by atoms with van der Waals surface area (Å²) in [5, 5.41) is 152. The number of phenolic OH excluding ortho intramolecular Hbond substituents is 4. The van der Waals surface area contributed by atoms with Gasteiger partial charge in [0.15, 0.2) is 29.0 Å². The summed E-state index contributed by atoms with van der Waals surface area (Å²) in [4.78, 5) is 122. The number of carboxylic acids is 1. The normalized spacial score (nSPS) is 26.5. The van der Waals surface area contributed by atoms with Crippen molar-refractivity contribution in [3.63, 3.8) is 0 Å². The Labute approximate surface area is 675 Å². The molecule has 15 rings (SSSR count). The lowest BCUT2D eigenvalue weighted by molar-refractivity contribution is -0.277. The molecule has 0 aliphatic carbocycles. The van der Waals surface area contributed by atoms with E-state index in [0.717, 1.165) is 73.9 Å². The molecule has 17 atom stereocenters. The molecule has 8 heterocycles. The van der Waals surface area contributed by atoms with Crippen LogP contribution in [0.2, 0.25) is 10.0 Å². The first-order valence-corrected chi connectivity index (χ1v) is 38.1. The number of amides is 7. The van der Waals surface area contributed by atoms with Crippen molar-refractivity contribution in [3.05, 3.63) is 164 Å². The summed E-state index contributed by atoms with van der Waals surface area (Å²) < 4.78 is 44.3. The number of halogens is 2. The van der Waals surface area contributed by atoms with Crippen LogP contribution in [0.4, 0.5) is 0 Å². The van der Waals surface area contributed by atoms with Crippen LogP contribution in [0, 0.1) is 5.92 Å². The minimum absolute atomic E-state index is 0.0663. The average molecular weight is 1660 g/mol. The number of phenols is 4. The number of carbonyl (C=O) groups excluding carboxylic acids is 7. The van der Waals surface area contributed by atoms with E-state index in [1.165, 1.54) is 60.7 Å². The molecule has 37 heteroatoms. The Hall–Kier alpha value is -11.3. The van der Waals surface area contributed by atoms with Gasteiger partial charge >= 0.3 is 5.97 Å². The first-order chi connectivity index (χ1) is 55.8. The van der Waals surface area contributed by atoms with Gasteiger partial charge in [-0.1, -0.05) is 87.0 Å². The van der Waals surface area contributed by atoms with Crippen molar-refractivity contribution in [2.75, 3.05) is 13.2 Å². The summed E-state index contributed by atoms with van der Waals surface area (Å²) in [6.45, 7) is 2.28. The number of aliphatic hydroxyl groups excluding tert-OH is 7. The number of fused-ring (bicyclic) bond motifs is 14. The highest BCUT2D eigenvalue weighted by Gasteiger charge is 2.49. The molecular weight excluding hydrogens is 1580 g/mol. The van der Waals surface area contributed by atoms with Crippen LogP contribution in [0.1, 0.15) is 122 Å². The van der Waals surface area contributed by atoms with Crippen molar-refractivity contribution >= 4 is 70.5 Å². The third-order valence-electron chi connectivity index (χ3n) is 20.8. The number of rotatable bonds is 15. The van der Waals surface area contributed by atoms with E-state index in [9.17, 15) is 75.7 Å². The number of aliphatic hydroxyl groups is 7. The Kier molecular flexibility index (Phi) is 25.2. The van der Waals surface area contributed by atoms with Gasteiger partial charge in [-0.25, -0.2) is 4.79 Å². The minimum Gasteiger partial charge on any atom is -0.508 e. The van der Waals surface area contributed by atoms with Crippen LogP contribution in [0.25, 0.3) is 11.1 Å². The van der Waals surface area contributed by atoms with Gasteiger partial charge in [0.05, 0.1) is 23.3 Å². The Morgan fingerprint density at radius 3 is 1.68 bits per heavy atom. The van der Waals surface area contributed by atoms with Crippen LogP contribution in [-0.4, -0.2) is 195 Å². The predicted molar refractivity (Wildman–Crippen MR) is 408 cm³/mol. The molecule has 7 aromatic carbocycles. The van der Waals surface area contributed by atoms with Crippen LogP contribution in [0.15, 0.2) is 115 Å². The number of carboxylic acid groups (broad SMARTS) is 1. The number of nitrogens with one attached hydrogen (secondary N) is 7. The van der Waals surface area contributed by atoms with Crippen molar-refractivity contribution in [2.45, 2.75) is 169 Å². The molecule has 0 aromatic heterocycles. The molecule has 17 bridgehead atoms. The van der Waals surface area contributed by atoms with E-state index < -0.39 is 245 Å². The second-order valence-electron chi connectivity index (χ2n) is 29.5. The summed E-state index contributed by atoms with van der Waals surface area (Å²) in [6, 6.07) is 6.05. The van der Waals surface area contributed by atoms with Crippen molar-refractivity contribution in [1.82, 2.24) is 37.2 Å². The maximum Gasteiger partial charge on any atom is 0.330 e. The lowest BCUT2D eigenvalue weighted by Crippen LogP contribution is -2.65. The highest BCUT2D eigenvalue weighted by Crippen LogP contribution is 2.50. The van der Waals surface area contributed by atoms with E-state index in [2.05, 4.69) is 51.1 Å². The summed E-state index contributed by atoms with van der Waals surface area (Å²) in [7, 11) is 0. The third kappa shape index (κ3) is 18.3. The molecule has 8 aliphatic rings. The maximum atomic E-state index is 16.6. The van der Waals surface area contributed by atoms with E-state index >= 15 is 24.0 Å². The summed E-state index contributed by atoms with van der Waals surface area (Å²) >= 11 is 14.4. The average Bonchev–Trinajstić information content (AvgIpc) is 0.760. The molecule has 0 radical (unpaired) electrons. The van der Waals surface area contributed by atoms with Crippen molar-refractivity contribution in [2.24, 2.45) is 11.7 Å². The number of hydrogen-bond acceptors (Lipinski definition) is 27. The molecule has 620 valence electrons. The number of aromatic hydroxyl groups is 4. The molecule has 7 amide bonds. The Morgan fingerprint density at radius 1 is 0.521 bits per heavy atom. The fourth-order valence-electron chi connectivity index (χ4n) is 14.6. The molecule has 0 spiro atoms. The number of aliphatic carboxylic acids is 1. The highest BCUT2D eigenvalue weighted by molar-refractivity contribution is 6.32. The Bertz CT molecular complexity index is 5020. The molecule has 0 saturated carbocycles. The maximum absolute atomic E-state index is 16.6. The SMILES string of the molecule is CC(C)CCCCCCC(=O)N[C@H]1[C@H](Oc2c3cc4cc2Oc2ccc(cc2Cl)C[C@H]2NC(=O)[C@@H](N)c5ccc(O)c(c5)Oc5cc(O)cc(c5)[C@H](NC2=O)C(=O)N[C@H]4C(=O)N[C@H]2C(=O)N[C@@H](Cc4ccc(c(Cl)c4)O3)C(=O)N[C@H](C(=O)O)c3cc(O)cc(O[C@H]4O[C@H](CO)[C@@H](O)[C@H](O)[C@@H]4O)c3-c3cc2ccc3O)O[C@H](CO)[C@@H](O)[C@@H]1O.